The molecule has 1 atom stereocenters. The molecule has 4 N–H and O–H groups in total. The fraction of sp³-hybridized carbons (Fsp3) is 0.462. The second-order valence-corrected chi connectivity index (χ2v) is 4.78. The van der Waals surface area contributed by atoms with E-state index in [-0.39, 0.29) is 18.0 Å². The molecule has 0 bridgehead atoms. The standard InChI is InChI=1S/C13H19N3O3/c1-7(2)10(13(18)19)6-15-12-9(11(14)17)5-4-8(3)16-12/h4-5,7,10H,6H2,1-3H3,(H2,14,17)(H,15,16)(H,18,19). The number of carbonyl (C=O) groups is 2. The highest BCUT2D eigenvalue weighted by atomic mass is 16.4. The zero-order valence-corrected chi connectivity index (χ0v) is 11.3. The number of primary amides is 1. The number of nitrogens with two attached hydrogens (primary N) is 1. The van der Waals surface area contributed by atoms with E-state index in [4.69, 9.17) is 10.8 Å². The molecule has 0 saturated carbocycles. The predicted octanol–water partition coefficient (Wildman–Crippen LogP) is 1.26. The average Bonchev–Trinajstić information content (AvgIpc) is 2.27. The molecule has 6 nitrogen and oxygen atoms in total. The molecule has 1 rings (SSSR count). The van der Waals surface area contributed by atoms with Crippen molar-refractivity contribution in [2.45, 2.75) is 20.8 Å². The van der Waals surface area contributed by atoms with Gasteiger partial charge in [0.05, 0.1) is 11.5 Å². The van der Waals surface area contributed by atoms with Crippen LogP contribution in [0.25, 0.3) is 0 Å². The number of carbonyl (C=O) groups excluding carboxylic acids is 1. The Labute approximate surface area is 112 Å². The van der Waals surface area contributed by atoms with Crippen LogP contribution in [0.1, 0.15) is 29.9 Å². The zero-order chi connectivity index (χ0) is 14.6. The Morgan fingerprint density at radius 1 is 1.42 bits per heavy atom. The van der Waals surface area contributed by atoms with E-state index in [0.29, 0.717) is 5.82 Å². The van der Waals surface area contributed by atoms with Gasteiger partial charge < -0.3 is 16.2 Å². The van der Waals surface area contributed by atoms with Gasteiger partial charge in [-0.15, -0.1) is 0 Å². The van der Waals surface area contributed by atoms with Gasteiger partial charge in [-0.05, 0) is 25.0 Å². The predicted molar refractivity (Wildman–Crippen MR) is 71.9 cm³/mol. The molecule has 1 heterocycles. The van der Waals surface area contributed by atoms with Gasteiger partial charge in [-0.1, -0.05) is 13.8 Å². The topological polar surface area (TPSA) is 105 Å². The number of carboxylic acid groups (broad SMARTS) is 1. The third-order valence-corrected chi connectivity index (χ3v) is 2.91. The summed E-state index contributed by atoms with van der Waals surface area (Å²) in [5, 5.41) is 12.0. The molecular weight excluding hydrogens is 246 g/mol. The summed E-state index contributed by atoms with van der Waals surface area (Å²) < 4.78 is 0. The van der Waals surface area contributed by atoms with E-state index >= 15 is 0 Å². The quantitative estimate of drug-likeness (QED) is 0.718. The first-order valence-electron chi connectivity index (χ1n) is 6.07. The smallest absolute Gasteiger partial charge is 0.308 e. The van der Waals surface area contributed by atoms with Crippen molar-refractivity contribution in [3.63, 3.8) is 0 Å². The van der Waals surface area contributed by atoms with E-state index in [2.05, 4.69) is 10.3 Å². The summed E-state index contributed by atoms with van der Waals surface area (Å²) in [6, 6.07) is 3.26. The lowest BCUT2D eigenvalue weighted by molar-refractivity contribution is -0.142. The lowest BCUT2D eigenvalue weighted by Gasteiger charge is -2.18. The van der Waals surface area contributed by atoms with Gasteiger partial charge in [0.15, 0.2) is 0 Å². The summed E-state index contributed by atoms with van der Waals surface area (Å²) in [6.45, 7) is 5.65. The number of aryl methyl sites for hydroxylation is 1. The highest BCUT2D eigenvalue weighted by Crippen LogP contribution is 2.16. The van der Waals surface area contributed by atoms with Crippen LogP contribution in [0, 0.1) is 18.8 Å². The molecule has 0 aromatic carbocycles. The summed E-state index contributed by atoms with van der Waals surface area (Å²) >= 11 is 0. The molecule has 0 aliphatic heterocycles. The first-order chi connectivity index (χ1) is 8.82. The third-order valence-electron chi connectivity index (χ3n) is 2.91. The van der Waals surface area contributed by atoms with Gasteiger partial charge in [0.25, 0.3) is 5.91 Å². The number of hydrogen-bond acceptors (Lipinski definition) is 4. The number of hydrogen-bond donors (Lipinski definition) is 3. The average molecular weight is 265 g/mol. The monoisotopic (exact) mass is 265 g/mol. The van der Waals surface area contributed by atoms with E-state index in [1.54, 1.807) is 19.1 Å². The number of amides is 1. The van der Waals surface area contributed by atoms with Crippen LogP contribution in [-0.2, 0) is 4.79 Å². The van der Waals surface area contributed by atoms with Crippen molar-refractivity contribution in [3.8, 4) is 0 Å². The molecule has 19 heavy (non-hydrogen) atoms. The van der Waals surface area contributed by atoms with Crippen LogP contribution in [0.5, 0.6) is 0 Å². The number of carboxylic acids is 1. The van der Waals surface area contributed by atoms with Crippen molar-refractivity contribution in [1.82, 2.24) is 4.98 Å². The van der Waals surface area contributed by atoms with Crippen LogP contribution in [0.15, 0.2) is 12.1 Å². The van der Waals surface area contributed by atoms with Crippen molar-refractivity contribution in [2.75, 3.05) is 11.9 Å². The SMILES string of the molecule is Cc1ccc(C(N)=O)c(NCC(C(=O)O)C(C)C)n1. The first-order valence-corrected chi connectivity index (χ1v) is 6.07. The van der Waals surface area contributed by atoms with Crippen molar-refractivity contribution in [1.29, 1.82) is 0 Å². The molecular formula is C13H19N3O3. The Morgan fingerprint density at radius 2 is 2.05 bits per heavy atom. The van der Waals surface area contributed by atoms with Crippen molar-refractivity contribution < 1.29 is 14.7 Å². The van der Waals surface area contributed by atoms with E-state index in [9.17, 15) is 9.59 Å². The Morgan fingerprint density at radius 3 is 2.53 bits per heavy atom. The van der Waals surface area contributed by atoms with E-state index in [0.717, 1.165) is 5.69 Å². The van der Waals surface area contributed by atoms with Gasteiger partial charge in [-0.25, -0.2) is 4.98 Å². The number of pyridine rings is 1. The molecule has 104 valence electrons. The number of anilines is 1. The van der Waals surface area contributed by atoms with Gasteiger partial charge in [0.2, 0.25) is 0 Å². The highest BCUT2D eigenvalue weighted by molar-refractivity contribution is 5.97. The molecule has 0 saturated heterocycles. The lowest BCUT2D eigenvalue weighted by Crippen LogP contribution is -2.28. The molecule has 0 aliphatic rings. The van der Waals surface area contributed by atoms with Crippen LogP contribution in [0.2, 0.25) is 0 Å². The largest absolute Gasteiger partial charge is 0.481 e. The molecule has 1 unspecified atom stereocenters. The second-order valence-electron chi connectivity index (χ2n) is 4.78. The number of nitrogens with one attached hydrogen (secondary N) is 1. The number of aromatic nitrogens is 1. The Hall–Kier alpha value is -2.11. The minimum absolute atomic E-state index is 0.0214. The van der Waals surface area contributed by atoms with Crippen LogP contribution in [0.4, 0.5) is 5.82 Å². The van der Waals surface area contributed by atoms with Gasteiger partial charge in [0, 0.05) is 12.2 Å². The van der Waals surface area contributed by atoms with E-state index in [1.807, 2.05) is 13.8 Å². The van der Waals surface area contributed by atoms with Gasteiger partial charge in [-0.3, -0.25) is 9.59 Å². The summed E-state index contributed by atoms with van der Waals surface area (Å²) in [7, 11) is 0. The molecule has 6 heteroatoms. The number of rotatable bonds is 6. The van der Waals surface area contributed by atoms with Gasteiger partial charge in [0.1, 0.15) is 5.82 Å². The summed E-state index contributed by atoms with van der Waals surface area (Å²) in [5.41, 5.74) is 6.24. The van der Waals surface area contributed by atoms with Gasteiger partial charge in [-0.2, -0.15) is 0 Å². The Kier molecular flexibility index (Phi) is 4.86. The van der Waals surface area contributed by atoms with E-state index in [1.165, 1.54) is 0 Å². The summed E-state index contributed by atoms with van der Waals surface area (Å²) in [5.74, 6) is -1.71. The fourth-order valence-corrected chi connectivity index (χ4v) is 1.71. The molecule has 0 spiro atoms. The van der Waals surface area contributed by atoms with Crippen molar-refractivity contribution >= 4 is 17.7 Å². The molecule has 0 aliphatic carbocycles. The molecule has 1 aromatic rings. The second kappa shape index (κ2) is 6.17. The minimum atomic E-state index is -0.879. The summed E-state index contributed by atoms with van der Waals surface area (Å²) in [6.07, 6.45) is 0. The number of aliphatic carboxylic acids is 1. The van der Waals surface area contributed by atoms with Crippen LogP contribution in [-0.4, -0.2) is 28.5 Å². The zero-order valence-electron chi connectivity index (χ0n) is 11.3. The summed E-state index contributed by atoms with van der Waals surface area (Å²) in [4.78, 5) is 26.5. The van der Waals surface area contributed by atoms with Crippen LogP contribution >= 0.6 is 0 Å². The maximum absolute atomic E-state index is 11.3. The minimum Gasteiger partial charge on any atom is -0.481 e. The molecule has 1 aromatic heterocycles. The van der Waals surface area contributed by atoms with Crippen molar-refractivity contribution in [3.05, 3.63) is 23.4 Å². The van der Waals surface area contributed by atoms with Crippen LogP contribution < -0.4 is 11.1 Å². The normalized spacial score (nSPS) is 12.2. The van der Waals surface area contributed by atoms with Crippen molar-refractivity contribution in [2.24, 2.45) is 17.6 Å². The Balaban J connectivity index is 2.90. The molecule has 0 radical (unpaired) electrons. The number of nitrogens with zero attached hydrogens (tertiary/aromatic N) is 1. The highest BCUT2D eigenvalue weighted by Gasteiger charge is 2.22. The third kappa shape index (κ3) is 3.94. The fourth-order valence-electron chi connectivity index (χ4n) is 1.71. The Bertz CT molecular complexity index is 486. The van der Waals surface area contributed by atoms with Crippen LogP contribution in [0.3, 0.4) is 0 Å². The molecule has 1 amide bonds. The first kappa shape index (κ1) is 14.9. The van der Waals surface area contributed by atoms with E-state index < -0.39 is 17.8 Å². The van der Waals surface area contributed by atoms with Gasteiger partial charge >= 0.3 is 5.97 Å². The molecule has 0 fully saturated rings. The maximum Gasteiger partial charge on any atom is 0.308 e. The lowest BCUT2D eigenvalue weighted by atomic mass is 9.96. The maximum atomic E-state index is 11.3.